The number of hydrogen-bond acceptors (Lipinski definition) is 4. The molecule has 5 nitrogen and oxygen atoms in total. The van der Waals surface area contributed by atoms with Crippen molar-refractivity contribution in [2.75, 3.05) is 54.9 Å². The molecule has 0 fully saturated rings. The van der Waals surface area contributed by atoms with E-state index in [-0.39, 0.29) is 11.7 Å². The first kappa shape index (κ1) is 29.1. The number of hydrogen-bond donors (Lipinski definition) is 0. The second kappa shape index (κ2) is 22.3. The number of nitrogens with zero attached hydrogens (tertiary/aromatic N) is 3. The minimum Gasteiger partial charge on any atom is -0.346 e. The van der Waals surface area contributed by atoms with Gasteiger partial charge in [0.25, 0.3) is 0 Å². The molecular weight excluding hydrogens is 278 g/mol. The van der Waals surface area contributed by atoms with Crippen LogP contribution in [-0.4, -0.2) is 81.3 Å². The quantitative estimate of drug-likeness (QED) is 0.799. The molecule has 0 aliphatic carbocycles. The summed E-state index contributed by atoms with van der Waals surface area (Å²) in [6.45, 7) is 14.3. The van der Waals surface area contributed by atoms with Crippen LogP contribution in [0.1, 0.15) is 48.0 Å². The molecule has 0 bridgehead atoms. The first-order chi connectivity index (χ1) is 9.99. The fraction of sp³-hybridized carbons (Fsp3) is 0.882. The maximum Gasteiger partial charge on any atom is 0.219 e. The van der Waals surface area contributed by atoms with Crippen molar-refractivity contribution in [1.82, 2.24) is 14.7 Å². The molecule has 5 heteroatoms. The van der Waals surface area contributed by atoms with Crippen molar-refractivity contribution in [2.45, 2.75) is 48.0 Å². The lowest BCUT2D eigenvalue weighted by atomic mass is 10.4. The highest BCUT2D eigenvalue weighted by molar-refractivity contribution is 5.74. The molecule has 0 saturated heterocycles. The summed E-state index contributed by atoms with van der Waals surface area (Å²) >= 11 is 0. The van der Waals surface area contributed by atoms with Crippen LogP contribution in [0.5, 0.6) is 0 Å². The zero-order valence-corrected chi connectivity index (χ0v) is 17.0. The number of carbonyl (C=O) groups is 2. The Morgan fingerprint density at radius 3 is 0.909 bits per heavy atom. The summed E-state index contributed by atoms with van der Waals surface area (Å²) < 4.78 is 0. The molecule has 0 aliphatic heterocycles. The molecule has 0 radical (unpaired) electrons. The van der Waals surface area contributed by atoms with Gasteiger partial charge in [-0.2, -0.15) is 0 Å². The van der Waals surface area contributed by atoms with E-state index in [1.807, 2.05) is 13.8 Å². The summed E-state index contributed by atoms with van der Waals surface area (Å²) in [5, 5.41) is 0. The standard InChI is InChI=1S/C5H11NO.2C4H11N.C4H8O/c1-4-6(3)5(2)7;2*1-4-5(2)3;1-3-4(2)5/h4H2,1-3H3;2*4H2,1-3H3;3H2,1-2H3. The van der Waals surface area contributed by atoms with E-state index in [0.29, 0.717) is 6.42 Å². The topological polar surface area (TPSA) is 43.9 Å². The summed E-state index contributed by atoms with van der Waals surface area (Å²) in [4.78, 5) is 26.0. The third-order valence-corrected chi connectivity index (χ3v) is 2.77. The highest BCUT2D eigenvalue weighted by Crippen LogP contribution is 1.78. The lowest BCUT2D eigenvalue weighted by Gasteiger charge is -2.09. The number of amides is 1. The fourth-order valence-electron chi connectivity index (χ4n) is 0.223. The Morgan fingerprint density at radius 1 is 0.682 bits per heavy atom. The summed E-state index contributed by atoms with van der Waals surface area (Å²) in [6.07, 6.45) is 0.667. The second-order valence-corrected chi connectivity index (χ2v) is 5.38. The average molecular weight is 320 g/mol. The number of rotatable bonds is 4. The Morgan fingerprint density at radius 2 is 0.909 bits per heavy atom. The molecule has 0 atom stereocenters. The maximum absolute atomic E-state index is 10.3. The Kier molecular flexibility index (Phi) is 29.6. The highest BCUT2D eigenvalue weighted by atomic mass is 16.2. The van der Waals surface area contributed by atoms with Crippen molar-refractivity contribution in [1.29, 1.82) is 0 Å². The van der Waals surface area contributed by atoms with Gasteiger partial charge in [-0.15, -0.1) is 0 Å². The molecule has 0 heterocycles. The molecule has 0 aliphatic rings. The first-order valence-electron chi connectivity index (χ1n) is 8.00. The molecule has 0 spiro atoms. The molecule has 0 aromatic rings. The van der Waals surface area contributed by atoms with E-state index in [0.717, 1.165) is 19.6 Å². The lowest BCUT2D eigenvalue weighted by Crippen LogP contribution is -2.22. The summed E-state index contributed by atoms with van der Waals surface area (Å²) in [6, 6.07) is 0. The fourth-order valence-corrected chi connectivity index (χ4v) is 0.223. The number of Topliss-reactive ketones (excluding diaryl/α,β-unsaturated/α-hetero) is 1. The van der Waals surface area contributed by atoms with Gasteiger partial charge >= 0.3 is 0 Å². The van der Waals surface area contributed by atoms with Gasteiger partial charge in [0.2, 0.25) is 5.91 Å². The van der Waals surface area contributed by atoms with Crippen molar-refractivity contribution in [3.8, 4) is 0 Å². The molecular formula is C17H41N3O2. The van der Waals surface area contributed by atoms with E-state index in [9.17, 15) is 9.59 Å². The highest BCUT2D eigenvalue weighted by Gasteiger charge is 1.93. The summed E-state index contributed by atoms with van der Waals surface area (Å²) in [5.41, 5.74) is 0. The third-order valence-electron chi connectivity index (χ3n) is 2.77. The van der Waals surface area contributed by atoms with Crippen LogP contribution >= 0.6 is 0 Å². The van der Waals surface area contributed by atoms with Gasteiger partial charge < -0.3 is 19.5 Å². The predicted molar refractivity (Wildman–Crippen MR) is 98.4 cm³/mol. The molecule has 136 valence electrons. The van der Waals surface area contributed by atoms with Crippen LogP contribution in [0.25, 0.3) is 0 Å². The molecule has 0 rings (SSSR count). The van der Waals surface area contributed by atoms with E-state index < -0.39 is 0 Å². The van der Waals surface area contributed by atoms with Gasteiger partial charge in [-0.3, -0.25) is 4.79 Å². The predicted octanol–water partition coefficient (Wildman–Crippen LogP) is 2.61. The SMILES string of the molecule is CCC(C)=O.CCN(C)C.CCN(C)C.CCN(C)C(C)=O. The monoisotopic (exact) mass is 319 g/mol. The van der Waals surface area contributed by atoms with Gasteiger partial charge in [0, 0.05) is 26.9 Å². The molecule has 1 amide bonds. The zero-order chi connectivity index (χ0) is 18.7. The van der Waals surface area contributed by atoms with Crippen LogP contribution in [0.4, 0.5) is 0 Å². The van der Waals surface area contributed by atoms with Gasteiger partial charge in [-0.25, -0.2) is 0 Å². The van der Waals surface area contributed by atoms with Crippen LogP contribution in [0.2, 0.25) is 0 Å². The molecule has 0 unspecified atom stereocenters. The van der Waals surface area contributed by atoms with E-state index in [1.165, 1.54) is 0 Å². The number of carbonyl (C=O) groups excluding carboxylic acids is 2. The summed E-state index contributed by atoms with van der Waals surface area (Å²) in [5.74, 6) is 0.382. The molecule has 0 aromatic heterocycles. The molecule has 0 aromatic carbocycles. The van der Waals surface area contributed by atoms with E-state index >= 15 is 0 Å². The minimum absolute atomic E-state index is 0.127. The summed E-state index contributed by atoms with van der Waals surface area (Å²) in [7, 11) is 10.0. The van der Waals surface area contributed by atoms with E-state index in [4.69, 9.17) is 0 Å². The van der Waals surface area contributed by atoms with Gasteiger partial charge in [-0.05, 0) is 55.1 Å². The van der Waals surface area contributed by atoms with E-state index in [2.05, 4.69) is 51.8 Å². The molecule has 0 saturated carbocycles. The van der Waals surface area contributed by atoms with Crippen LogP contribution < -0.4 is 0 Å². The van der Waals surface area contributed by atoms with Gasteiger partial charge in [0.05, 0.1) is 0 Å². The van der Waals surface area contributed by atoms with Gasteiger partial charge in [-0.1, -0.05) is 20.8 Å². The molecule has 0 N–H and O–H groups in total. The Balaban J connectivity index is -0.0000000995. The average Bonchev–Trinajstić information content (AvgIpc) is 2.47. The van der Waals surface area contributed by atoms with Crippen LogP contribution in [0, 0.1) is 0 Å². The van der Waals surface area contributed by atoms with Gasteiger partial charge in [0.15, 0.2) is 0 Å². The Labute approximate surface area is 139 Å². The smallest absolute Gasteiger partial charge is 0.219 e. The van der Waals surface area contributed by atoms with Crippen molar-refractivity contribution in [3.05, 3.63) is 0 Å². The second-order valence-electron chi connectivity index (χ2n) is 5.38. The normalized spacial score (nSPS) is 8.77. The van der Waals surface area contributed by atoms with Gasteiger partial charge in [0.1, 0.15) is 5.78 Å². The maximum atomic E-state index is 10.3. The largest absolute Gasteiger partial charge is 0.346 e. The lowest BCUT2D eigenvalue weighted by molar-refractivity contribution is -0.127. The van der Waals surface area contributed by atoms with E-state index in [1.54, 1.807) is 25.8 Å². The third kappa shape index (κ3) is 50.8. The van der Waals surface area contributed by atoms with Crippen molar-refractivity contribution in [2.24, 2.45) is 0 Å². The van der Waals surface area contributed by atoms with Crippen LogP contribution in [-0.2, 0) is 9.59 Å². The van der Waals surface area contributed by atoms with Crippen molar-refractivity contribution < 1.29 is 9.59 Å². The molecule has 22 heavy (non-hydrogen) atoms. The zero-order valence-electron chi connectivity index (χ0n) is 17.0. The van der Waals surface area contributed by atoms with Crippen LogP contribution in [0.15, 0.2) is 0 Å². The van der Waals surface area contributed by atoms with Crippen LogP contribution in [0.3, 0.4) is 0 Å². The Hall–Kier alpha value is -0.940. The van der Waals surface area contributed by atoms with Crippen molar-refractivity contribution >= 4 is 11.7 Å². The Bertz CT molecular complexity index is 234. The minimum atomic E-state index is 0.127. The number of ketones is 1. The van der Waals surface area contributed by atoms with Crippen molar-refractivity contribution in [3.63, 3.8) is 0 Å². The first-order valence-corrected chi connectivity index (χ1v) is 8.00.